The lowest BCUT2D eigenvalue weighted by atomic mass is 9.84. The van der Waals surface area contributed by atoms with Crippen LogP contribution in [-0.2, 0) is 0 Å². The van der Waals surface area contributed by atoms with Crippen molar-refractivity contribution in [1.29, 1.82) is 0 Å². The molecular weight excluding hydrogens is 655 g/mol. The number of benzene rings is 4. The van der Waals surface area contributed by atoms with E-state index in [1.54, 1.807) is 30.3 Å². The van der Waals surface area contributed by atoms with Crippen molar-refractivity contribution in [3.63, 3.8) is 0 Å². The van der Waals surface area contributed by atoms with Crippen molar-refractivity contribution in [2.45, 2.75) is 12.0 Å². The molecule has 0 aliphatic carbocycles. The topological polar surface area (TPSA) is 133 Å². The first kappa shape index (κ1) is 31.0. The Morgan fingerprint density at radius 1 is 0.917 bits per heavy atom. The number of hydrogen-bond acceptors (Lipinski definition) is 8. The van der Waals surface area contributed by atoms with Gasteiger partial charge in [0.2, 0.25) is 6.79 Å². The van der Waals surface area contributed by atoms with Crippen molar-refractivity contribution in [2.24, 2.45) is 0 Å². The number of nitrogens with one attached hydrogen (secondary N) is 1. The van der Waals surface area contributed by atoms with Gasteiger partial charge in [-0.25, -0.2) is 9.67 Å². The number of nitrogens with zero attached hydrogens (tertiary/aromatic N) is 5. The van der Waals surface area contributed by atoms with E-state index in [1.807, 2.05) is 48.5 Å². The molecule has 1 amide bonds. The van der Waals surface area contributed by atoms with Gasteiger partial charge in [0.05, 0.1) is 35.5 Å². The first-order valence-corrected chi connectivity index (χ1v) is 15.6. The Kier molecular flexibility index (Phi) is 8.53. The van der Waals surface area contributed by atoms with E-state index in [9.17, 15) is 14.7 Å². The second-order valence-electron chi connectivity index (χ2n) is 11.0. The van der Waals surface area contributed by atoms with Crippen molar-refractivity contribution >= 4 is 29.1 Å². The highest BCUT2D eigenvalue weighted by Gasteiger charge is 2.30. The zero-order valence-electron chi connectivity index (χ0n) is 25.0. The van der Waals surface area contributed by atoms with Crippen LogP contribution in [0.3, 0.4) is 0 Å². The number of para-hydroxylation sites is 1. The van der Waals surface area contributed by atoms with Gasteiger partial charge in [0.25, 0.3) is 11.5 Å². The van der Waals surface area contributed by atoms with Crippen LogP contribution in [0.5, 0.6) is 17.2 Å². The minimum Gasteiger partial charge on any atom is -0.507 e. The molecule has 7 rings (SSSR count). The van der Waals surface area contributed by atoms with Gasteiger partial charge in [0.1, 0.15) is 5.75 Å². The predicted molar refractivity (Wildman–Crippen MR) is 179 cm³/mol. The van der Waals surface area contributed by atoms with Crippen LogP contribution < -0.4 is 20.3 Å². The lowest BCUT2D eigenvalue weighted by Gasteiger charge is -2.30. The summed E-state index contributed by atoms with van der Waals surface area (Å²) in [7, 11) is 0. The Labute approximate surface area is 283 Å². The van der Waals surface area contributed by atoms with E-state index in [0.717, 1.165) is 11.1 Å². The van der Waals surface area contributed by atoms with E-state index in [-0.39, 0.29) is 35.4 Å². The Hall–Kier alpha value is -5.65. The number of rotatable bonds is 9. The number of fused-ring (bicyclic) bond motifs is 1. The van der Waals surface area contributed by atoms with Crippen LogP contribution in [0.2, 0.25) is 10.2 Å². The number of amides is 1. The van der Waals surface area contributed by atoms with Crippen molar-refractivity contribution in [1.82, 2.24) is 29.9 Å². The molecule has 0 fully saturated rings. The van der Waals surface area contributed by atoms with Gasteiger partial charge in [0, 0.05) is 29.1 Å². The molecule has 3 heterocycles. The summed E-state index contributed by atoms with van der Waals surface area (Å²) in [5, 5.41) is 21.8. The standard InChI is InChI=1S/C35H26Cl2N6O5/c36-23-11-12-27(43-18-32(37)40-41-43)25(15-23)26-16-33(45)42(19-39-26)28(17-38-35(46)24-8-4-5-9-29(24)44)34(21-6-2-1-3-7-21)22-10-13-30-31(14-22)48-20-47-30/h1-16,18-19,28,34,44H,17,20H2,(H,38,46)/t28-,34+/m1/s1. The van der Waals surface area contributed by atoms with Crippen LogP contribution in [0.15, 0.2) is 114 Å². The summed E-state index contributed by atoms with van der Waals surface area (Å²) in [6.45, 7) is 0.105. The van der Waals surface area contributed by atoms with Gasteiger partial charge >= 0.3 is 0 Å². The second kappa shape index (κ2) is 13.2. The Morgan fingerprint density at radius 2 is 1.71 bits per heavy atom. The molecule has 0 radical (unpaired) electrons. The minimum absolute atomic E-state index is 0.00196. The summed E-state index contributed by atoms with van der Waals surface area (Å²) >= 11 is 12.4. The van der Waals surface area contributed by atoms with Crippen LogP contribution >= 0.6 is 23.2 Å². The summed E-state index contributed by atoms with van der Waals surface area (Å²) in [5.74, 6) is 0.0752. The van der Waals surface area contributed by atoms with Gasteiger partial charge < -0.3 is 19.9 Å². The summed E-state index contributed by atoms with van der Waals surface area (Å²) in [4.78, 5) is 32.2. The number of aromatic hydroxyl groups is 1. The molecule has 1 aliphatic heterocycles. The molecule has 4 aromatic carbocycles. The molecule has 0 unspecified atom stereocenters. The highest BCUT2D eigenvalue weighted by molar-refractivity contribution is 6.31. The first-order chi connectivity index (χ1) is 23.4. The van der Waals surface area contributed by atoms with Crippen molar-refractivity contribution < 1.29 is 19.4 Å². The molecule has 0 saturated heterocycles. The zero-order chi connectivity index (χ0) is 33.2. The molecule has 0 saturated carbocycles. The van der Waals surface area contributed by atoms with Crippen molar-refractivity contribution in [3.05, 3.63) is 147 Å². The van der Waals surface area contributed by atoms with Crippen LogP contribution in [0.25, 0.3) is 16.9 Å². The first-order valence-electron chi connectivity index (χ1n) is 14.8. The number of carbonyl (C=O) groups excluding carboxylic acids is 1. The van der Waals surface area contributed by atoms with E-state index in [1.165, 1.54) is 40.0 Å². The van der Waals surface area contributed by atoms with Crippen LogP contribution in [0, 0.1) is 0 Å². The van der Waals surface area contributed by atoms with Gasteiger partial charge in [-0.1, -0.05) is 76.9 Å². The maximum absolute atomic E-state index is 14.2. The van der Waals surface area contributed by atoms with Crippen LogP contribution in [0.1, 0.15) is 33.4 Å². The fourth-order valence-corrected chi connectivity index (χ4v) is 6.12. The molecule has 2 N–H and O–H groups in total. The van der Waals surface area contributed by atoms with Gasteiger partial charge in [-0.3, -0.25) is 14.2 Å². The summed E-state index contributed by atoms with van der Waals surface area (Å²) < 4.78 is 14.2. The predicted octanol–water partition coefficient (Wildman–Crippen LogP) is 6.04. The number of ether oxygens (including phenoxy) is 2. The molecule has 11 nitrogen and oxygen atoms in total. The lowest BCUT2D eigenvalue weighted by Crippen LogP contribution is -2.38. The smallest absolute Gasteiger partial charge is 0.255 e. The third-order valence-electron chi connectivity index (χ3n) is 8.06. The molecule has 6 aromatic rings. The van der Waals surface area contributed by atoms with E-state index in [2.05, 4.69) is 15.6 Å². The molecule has 2 aromatic heterocycles. The number of hydrogen-bond donors (Lipinski definition) is 2. The Balaban J connectivity index is 1.34. The number of phenolic OH excluding ortho intramolecular Hbond substituents is 1. The fraction of sp³-hybridized carbons (Fsp3) is 0.114. The lowest BCUT2D eigenvalue weighted by molar-refractivity contribution is 0.0943. The van der Waals surface area contributed by atoms with E-state index < -0.39 is 17.9 Å². The van der Waals surface area contributed by atoms with Gasteiger partial charge in [-0.05, 0) is 53.6 Å². The average molecular weight is 682 g/mol. The summed E-state index contributed by atoms with van der Waals surface area (Å²) in [6.07, 6.45) is 2.99. The largest absolute Gasteiger partial charge is 0.507 e. The van der Waals surface area contributed by atoms with E-state index >= 15 is 0 Å². The van der Waals surface area contributed by atoms with Crippen LogP contribution in [0.4, 0.5) is 0 Å². The monoisotopic (exact) mass is 680 g/mol. The Morgan fingerprint density at radius 3 is 2.48 bits per heavy atom. The molecule has 13 heteroatoms. The number of aromatic nitrogens is 5. The van der Waals surface area contributed by atoms with Gasteiger partial charge in [-0.2, -0.15) is 0 Å². The maximum atomic E-state index is 14.2. The molecule has 1 aliphatic rings. The minimum atomic E-state index is -0.690. The van der Waals surface area contributed by atoms with Crippen molar-refractivity contribution in [2.75, 3.05) is 13.3 Å². The molecule has 0 bridgehead atoms. The van der Waals surface area contributed by atoms with Crippen LogP contribution in [-0.4, -0.2) is 48.9 Å². The summed E-state index contributed by atoms with van der Waals surface area (Å²) in [6, 6.07) is 27.4. The molecule has 240 valence electrons. The number of carbonyl (C=O) groups is 1. The van der Waals surface area contributed by atoms with Crippen molar-refractivity contribution in [3.8, 4) is 34.2 Å². The average Bonchev–Trinajstić information content (AvgIpc) is 3.76. The van der Waals surface area contributed by atoms with Gasteiger partial charge in [-0.15, -0.1) is 5.10 Å². The normalized spacial score (nSPS) is 13.2. The molecule has 2 atom stereocenters. The van der Waals surface area contributed by atoms with Gasteiger partial charge in [0.15, 0.2) is 16.7 Å². The fourth-order valence-electron chi connectivity index (χ4n) is 5.82. The third kappa shape index (κ3) is 6.20. The van der Waals surface area contributed by atoms with E-state index in [0.29, 0.717) is 33.5 Å². The number of halogens is 2. The SMILES string of the molecule is O=C(NC[C@H]([C@@H](c1ccccc1)c1ccc2c(c1)OCO2)n1cnc(-c2cc(Cl)ccc2-n2cc(Cl)nn2)cc1=O)c1ccccc1O. The molecular formula is C35H26Cl2N6O5. The number of phenols is 1. The second-order valence-corrected chi connectivity index (χ2v) is 11.8. The Bertz CT molecular complexity index is 2190. The third-order valence-corrected chi connectivity index (χ3v) is 8.47. The van der Waals surface area contributed by atoms with E-state index in [4.69, 9.17) is 37.7 Å². The highest BCUT2D eigenvalue weighted by atomic mass is 35.5. The maximum Gasteiger partial charge on any atom is 0.255 e. The summed E-state index contributed by atoms with van der Waals surface area (Å²) in [5.41, 5.74) is 2.88. The highest BCUT2D eigenvalue weighted by Crippen LogP contribution is 2.40. The molecule has 48 heavy (non-hydrogen) atoms. The molecule has 0 spiro atoms. The quantitative estimate of drug-likeness (QED) is 0.189. The zero-order valence-corrected chi connectivity index (χ0v) is 26.5.